The van der Waals surface area contributed by atoms with Crippen molar-refractivity contribution in [3.8, 4) is 18.1 Å². The van der Waals surface area contributed by atoms with E-state index in [1.165, 1.54) is 0 Å². The first-order valence-corrected chi connectivity index (χ1v) is 6.06. The van der Waals surface area contributed by atoms with E-state index in [0.717, 1.165) is 11.3 Å². The van der Waals surface area contributed by atoms with Gasteiger partial charge in [0.25, 0.3) is 0 Å². The lowest BCUT2D eigenvalue weighted by atomic mass is 9.93. The van der Waals surface area contributed by atoms with Crippen LogP contribution in [0.1, 0.15) is 18.9 Å². The van der Waals surface area contributed by atoms with Crippen molar-refractivity contribution in [1.29, 1.82) is 0 Å². The molecule has 0 aliphatic heterocycles. The molecule has 2 N–H and O–H groups in total. The van der Waals surface area contributed by atoms with Crippen LogP contribution in [0.25, 0.3) is 0 Å². The van der Waals surface area contributed by atoms with Gasteiger partial charge >= 0.3 is 5.97 Å². The minimum Gasteiger partial charge on any atom is -0.497 e. The number of methoxy groups -OCH3 is 1. The summed E-state index contributed by atoms with van der Waals surface area (Å²) in [4.78, 5) is 11.3. The second-order valence-corrected chi connectivity index (χ2v) is 4.54. The second-order valence-electron chi connectivity index (χ2n) is 4.54. The van der Waals surface area contributed by atoms with Gasteiger partial charge in [-0.2, -0.15) is 0 Å². The van der Waals surface area contributed by atoms with Crippen molar-refractivity contribution in [1.82, 2.24) is 5.32 Å². The van der Waals surface area contributed by atoms with Crippen molar-refractivity contribution in [3.05, 3.63) is 29.8 Å². The van der Waals surface area contributed by atoms with Crippen LogP contribution in [0, 0.1) is 12.3 Å². The average Bonchev–Trinajstić information content (AvgIpc) is 2.43. The Hall–Kier alpha value is -1.99. The predicted molar refractivity (Wildman–Crippen MR) is 74.2 cm³/mol. The summed E-state index contributed by atoms with van der Waals surface area (Å²) in [6.45, 7) is 1.89. The fraction of sp³-hybridized carbons (Fsp3) is 0.400. The molecule has 1 aromatic rings. The molecule has 0 saturated heterocycles. The highest BCUT2D eigenvalue weighted by Crippen LogP contribution is 2.17. The fourth-order valence-corrected chi connectivity index (χ4v) is 1.70. The Morgan fingerprint density at radius 1 is 1.47 bits per heavy atom. The van der Waals surface area contributed by atoms with Crippen molar-refractivity contribution < 1.29 is 14.6 Å². The van der Waals surface area contributed by atoms with E-state index in [1.54, 1.807) is 14.0 Å². The third-order valence-electron chi connectivity index (χ3n) is 3.13. The molecule has 0 fully saturated rings. The van der Waals surface area contributed by atoms with Gasteiger partial charge in [0.2, 0.25) is 0 Å². The van der Waals surface area contributed by atoms with Crippen molar-refractivity contribution in [2.24, 2.45) is 0 Å². The number of hydrogen-bond acceptors (Lipinski definition) is 3. The van der Waals surface area contributed by atoms with Gasteiger partial charge in [-0.25, -0.2) is 0 Å². The molecular weight excluding hydrogens is 242 g/mol. The monoisotopic (exact) mass is 261 g/mol. The van der Waals surface area contributed by atoms with E-state index in [0.29, 0.717) is 12.8 Å². The van der Waals surface area contributed by atoms with Gasteiger partial charge in [-0.1, -0.05) is 18.1 Å². The predicted octanol–water partition coefficient (Wildman–Crippen LogP) is 1.69. The van der Waals surface area contributed by atoms with Gasteiger partial charge in [0, 0.05) is 0 Å². The maximum atomic E-state index is 11.3. The van der Waals surface area contributed by atoms with Crippen LogP contribution in [0.15, 0.2) is 24.3 Å². The normalized spacial score (nSPS) is 13.3. The molecule has 0 radical (unpaired) electrons. The third kappa shape index (κ3) is 4.31. The van der Waals surface area contributed by atoms with E-state index in [2.05, 4.69) is 11.2 Å². The first-order chi connectivity index (χ1) is 9.01. The summed E-state index contributed by atoms with van der Waals surface area (Å²) in [6, 6.07) is 7.59. The Morgan fingerprint density at radius 2 is 2.11 bits per heavy atom. The lowest BCUT2D eigenvalue weighted by molar-refractivity contribution is -0.144. The van der Waals surface area contributed by atoms with Crippen LogP contribution in [0.4, 0.5) is 0 Å². The van der Waals surface area contributed by atoms with Gasteiger partial charge in [0.05, 0.1) is 13.7 Å². The molecule has 0 heterocycles. The number of carbonyl (C=O) groups is 1. The standard InChI is InChI=1S/C15H19NO3/c1-4-11-16-15(2,14(17)18)10-9-12-5-7-13(19-3)8-6-12/h1,5-8,16H,9-11H2,2-3H3,(H,17,18). The second kappa shape index (κ2) is 6.81. The fourth-order valence-electron chi connectivity index (χ4n) is 1.70. The number of aryl methyl sites for hydroxylation is 1. The highest BCUT2D eigenvalue weighted by molar-refractivity contribution is 5.78. The Labute approximate surface area is 113 Å². The molecular formula is C15H19NO3. The largest absolute Gasteiger partial charge is 0.497 e. The molecule has 0 amide bonds. The maximum Gasteiger partial charge on any atom is 0.323 e. The number of terminal acetylenes is 1. The summed E-state index contributed by atoms with van der Waals surface area (Å²) in [7, 11) is 1.61. The molecule has 1 unspecified atom stereocenters. The Bertz CT molecular complexity index is 461. The molecule has 1 aromatic carbocycles. The van der Waals surface area contributed by atoms with E-state index >= 15 is 0 Å². The smallest absolute Gasteiger partial charge is 0.323 e. The van der Waals surface area contributed by atoms with Gasteiger partial charge in [-0.15, -0.1) is 6.42 Å². The van der Waals surface area contributed by atoms with Gasteiger partial charge in [0.15, 0.2) is 0 Å². The van der Waals surface area contributed by atoms with E-state index in [9.17, 15) is 9.90 Å². The Kier molecular flexibility index (Phi) is 5.40. The summed E-state index contributed by atoms with van der Waals surface area (Å²) in [6.07, 6.45) is 6.28. The molecule has 0 aliphatic carbocycles. The average molecular weight is 261 g/mol. The number of aliphatic carboxylic acids is 1. The zero-order chi connectivity index (χ0) is 14.3. The molecule has 1 rings (SSSR count). The number of rotatable bonds is 7. The number of carboxylic acid groups (broad SMARTS) is 1. The summed E-state index contributed by atoms with van der Waals surface area (Å²) in [5.74, 6) is 2.30. The first kappa shape index (κ1) is 15.1. The van der Waals surface area contributed by atoms with Crippen LogP contribution >= 0.6 is 0 Å². The maximum absolute atomic E-state index is 11.3. The lowest BCUT2D eigenvalue weighted by Gasteiger charge is -2.25. The highest BCUT2D eigenvalue weighted by Gasteiger charge is 2.31. The van der Waals surface area contributed by atoms with Crippen molar-refractivity contribution in [2.75, 3.05) is 13.7 Å². The Morgan fingerprint density at radius 3 is 2.58 bits per heavy atom. The van der Waals surface area contributed by atoms with Crippen LogP contribution in [0.5, 0.6) is 5.75 Å². The summed E-state index contributed by atoms with van der Waals surface area (Å²) in [5, 5.41) is 12.1. The number of ether oxygens (including phenoxy) is 1. The molecule has 1 atom stereocenters. The minimum absolute atomic E-state index is 0.241. The van der Waals surface area contributed by atoms with Crippen molar-refractivity contribution in [2.45, 2.75) is 25.3 Å². The summed E-state index contributed by atoms with van der Waals surface area (Å²) in [5.41, 5.74) is 0.0579. The molecule has 0 bridgehead atoms. The molecule has 4 nitrogen and oxygen atoms in total. The molecule has 4 heteroatoms. The topological polar surface area (TPSA) is 58.6 Å². The minimum atomic E-state index is -1.01. The molecule has 0 saturated carbocycles. The lowest BCUT2D eigenvalue weighted by Crippen LogP contribution is -2.50. The van der Waals surface area contributed by atoms with Gasteiger partial charge in [0.1, 0.15) is 11.3 Å². The SMILES string of the molecule is C#CCNC(C)(CCc1ccc(OC)cc1)C(=O)O. The first-order valence-electron chi connectivity index (χ1n) is 6.06. The van der Waals surface area contributed by atoms with Crippen LogP contribution in [-0.4, -0.2) is 30.3 Å². The van der Waals surface area contributed by atoms with Gasteiger partial charge in [-0.3, -0.25) is 10.1 Å². The molecule has 19 heavy (non-hydrogen) atoms. The van der Waals surface area contributed by atoms with Gasteiger partial charge < -0.3 is 9.84 Å². The zero-order valence-corrected chi connectivity index (χ0v) is 11.3. The van der Waals surface area contributed by atoms with Crippen LogP contribution in [0.2, 0.25) is 0 Å². The quantitative estimate of drug-likeness (QED) is 0.733. The Balaban J connectivity index is 2.65. The van der Waals surface area contributed by atoms with Crippen LogP contribution < -0.4 is 10.1 Å². The zero-order valence-electron chi connectivity index (χ0n) is 11.3. The highest BCUT2D eigenvalue weighted by atomic mass is 16.5. The molecule has 0 spiro atoms. The van der Waals surface area contributed by atoms with E-state index in [4.69, 9.17) is 11.2 Å². The van der Waals surface area contributed by atoms with E-state index in [1.807, 2.05) is 24.3 Å². The van der Waals surface area contributed by atoms with Crippen LogP contribution in [0.3, 0.4) is 0 Å². The van der Waals surface area contributed by atoms with E-state index in [-0.39, 0.29) is 6.54 Å². The molecule has 0 aliphatic rings. The number of benzene rings is 1. The van der Waals surface area contributed by atoms with Crippen molar-refractivity contribution >= 4 is 5.97 Å². The summed E-state index contributed by atoms with van der Waals surface area (Å²) < 4.78 is 5.08. The number of carboxylic acids is 1. The molecule has 0 aromatic heterocycles. The summed E-state index contributed by atoms with van der Waals surface area (Å²) >= 11 is 0. The number of hydrogen-bond donors (Lipinski definition) is 2. The van der Waals surface area contributed by atoms with E-state index < -0.39 is 11.5 Å². The third-order valence-corrected chi connectivity index (χ3v) is 3.13. The van der Waals surface area contributed by atoms with Gasteiger partial charge in [-0.05, 0) is 37.5 Å². The molecule has 102 valence electrons. The number of nitrogens with one attached hydrogen (secondary N) is 1. The van der Waals surface area contributed by atoms with Crippen LogP contribution in [-0.2, 0) is 11.2 Å². The van der Waals surface area contributed by atoms with Crippen molar-refractivity contribution in [3.63, 3.8) is 0 Å².